The number of urea groups is 1. The Hall–Kier alpha value is -4.91. The second-order valence-electron chi connectivity index (χ2n) is 10.9. The van der Waals surface area contributed by atoms with Crippen molar-refractivity contribution in [3.8, 4) is 23.0 Å². The Bertz CT molecular complexity index is 1760. The van der Waals surface area contributed by atoms with Crippen LogP contribution >= 0.6 is 23.2 Å². The number of amides is 2. The maximum absolute atomic E-state index is 12.5. The van der Waals surface area contributed by atoms with Crippen LogP contribution in [0.5, 0.6) is 23.0 Å². The molecular formula is C36H40Cl2N4O8. The molecule has 1 aliphatic rings. The van der Waals surface area contributed by atoms with E-state index in [1.54, 1.807) is 55.6 Å². The number of aliphatic hydroxyl groups is 1. The summed E-state index contributed by atoms with van der Waals surface area (Å²) in [5.74, 6) is 1.19. The predicted octanol–water partition coefficient (Wildman–Crippen LogP) is 6.22. The monoisotopic (exact) mass is 726 g/mol. The molecule has 0 fully saturated rings. The number of benzene rings is 3. The summed E-state index contributed by atoms with van der Waals surface area (Å²) in [5, 5.41) is 21.2. The number of methoxy groups -OCH3 is 1. The van der Waals surface area contributed by atoms with Crippen molar-refractivity contribution in [2.75, 3.05) is 26.9 Å². The Kier molecular flexibility index (Phi) is 13.8. The Morgan fingerprint density at radius 3 is 2.48 bits per heavy atom. The normalized spacial score (nSPS) is 14.8. The van der Waals surface area contributed by atoms with Crippen LogP contribution in [0.3, 0.4) is 0 Å². The number of ether oxygens (including phenoxy) is 5. The molecule has 0 spiro atoms. The summed E-state index contributed by atoms with van der Waals surface area (Å²) in [6.07, 6.45) is 2.61. The summed E-state index contributed by atoms with van der Waals surface area (Å²) in [6.45, 7) is 9.92. The lowest BCUT2D eigenvalue weighted by molar-refractivity contribution is -0.136. The van der Waals surface area contributed by atoms with Gasteiger partial charge in [-0.2, -0.15) is 5.10 Å². The Balaban J connectivity index is 1.45. The van der Waals surface area contributed by atoms with Gasteiger partial charge in [0.25, 0.3) is 0 Å². The van der Waals surface area contributed by atoms with Gasteiger partial charge in [0.15, 0.2) is 29.2 Å². The second kappa shape index (κ2) is 18.2. The number of rotatable bonds is 17. The van der Waals surface area contributed by atoms with Crippen molar-refractivity contribution < 1.29 is 38.4 Å². The van der Waals surface area contributed by atoms with Crippen molar-refractivity contribution in [3.05, 3.63) is 105 Å². The van der Waals surface area contributed by atoms with Gasteiger partial charge in [-0.1, -0.05) is 41.4 Å². The van der Waals surface area contributed by atoms with Gasteiger partial charge in [-0.15, -0.1) is 6.58 Å². The minimum atomic E-state index is -1.19. The Labute approximate surface area is 301 Å². The van der Waals surface area contributed by atoms with Gasteiger partial charge in [-0.3, -0.25) is 5.43 Å². The van der Waals surface area contributed by atoms with Gasteiger partial charge < -0.3 is 39.4 Å². The van der Waals surface area contributed by atoms with E-state index >= 15 is 0 Å². The minimum absolute atomic E-state index is 0.181. The third-order valence-electron chi connectivity index (χ3n) is 7.31. The molecule has 0 aliphatic carbocycles. The number of nitrogens with zero attached hydrogens (tertiary/aromatic N) is 1. The molecule has 1 aliphatic heterocycles. The van der Waals surface area contributed by atoms with Crippen LogP contribution in [0.25, 0.3) is 0 Å². The number of hydrogen-bond donors (Lipinski definition) is 4. The van der Waals surface area contributed by atoms with Gasteiger partial charge in [-0.05, 0) is 74.7 Å². The van der Waals surface area contributed by atoms with Crippen LogP contribution < -0.4 is 35.0 Å². The first kappa shape index (κ1) is 37.9. The average molecular weight is 728 g/mol. The van der Waals surface area contributed by atoms with Gasteiger partial charge in [-0.25, -0.2) is 9.59 Å². The van der Waals surface area contributed by atoms with Gasteiger partial charge in [0.1, 0.15) is 13.2 Å². The van der Waals surface area contributed by atoms with Gasteiger partial charge in [0.05, 0.1) is 38.2 Å². The van der Waals surface area contributed by atoms with Crippen molar-refractivity contribution in [2.24, 2.45) is 5.10 Å². The molecule has 0 saturated heterocycles. The van der Waals surface area contributed by atoms with Crippen molar-refractivity contribution in [3.63, 3.8) is 0 Å². The van der Waals surface area contributed by atoms with Crippen molar-refractivity contribution >= 4 is 41.4 Å². The van der Waals surface area contributed by atoms with E-state index in [0.29, 0.717) is 69.5 Å². The van der Waals surface area contributed by atoms with E-state index < -0.39 is 24.3 Å². The maximum atomic E-state index is 12.5. The summed E-state index contributed by atoms with van der Waals surface area (Å²) < 4.78 is 28.6. The van der Waals surface area contributed by atoms with Crippen LogP contribution in [0.1, 0.15) is 49.1 Å². The zero-order chi connectivity index (χ0) is 36.2. The fourth-order valence-electron chi connectivity index (χ4n) is 5.10. The number of allylic oxidation sites excluding steroid dienone is 2. The number of esters is 1. The number of hydrogen-bond acceptors (Lipinski definition) is 10. The summed E-state index contributed by atoms with van der Waals surface area (Å²) in [7, 11) is 1.27. The van der Waals surface area contributed by atoms with Crippen molar-refractivity contribution in [1.29, 1.82) is 0 Å². The summed E-state index contributed by atoms with van der Waals surface area (Å²) in [5.41, 5.74) is 6.16. The molecule has 2 atom stereocenters. The second-order valence-corrected chi connectivity index (χ2v) is 11.7. The zero-order valence-electron chi connectivity index (χ0n) is 28.2. The van der Waals surface area contributed by atoms with Crippen LogP contribution in [-0.2, 0) is 22.6 Å². The number of aliphatic hydroxyl groups excluding tert-OH is 1. The molecule has 2 amide bonds. The Morgan fingerprint density at radius 2 is 1.78 bits per heavy atom. The molecule has 14 heteroatoms. The minimum Gasteiger partial charge on any atom is -0.490 e. The number of nitrogens with one attached hydrogen (secondary N) is 3. The van der Waals surface area contributed by atoms with E-state index in [0.717, 1.165) is 11.1 Å². The number of carbonyl (C=O) groups excluding carboxylic acids is 2. The number of carbonyl (C=O) groups is 2. The maximum Gasteiger partial charge on any atom is 0.337 e. The van der Waals surface area contributed by atoms with Crippen LogP contribution in [0.2, 0.25) is 10.0 Å². The quantitative estimate of drug-likeness (QED) is 0.0418. The molecule has 0 radical (unpaired) electrons. The molecular weight excluding hydrogens is 687 g/mol. The van der Waals surface area contributed by atoms with Gasteiger partial charge in [0.2, 0.25) is 0 Å². The highest BCUT2D eigenvalue weighted by atomic mass is 35.5. The highest BCUT2D eigenvalue weighted by Crippen LogP contribution is 2.36. The van der Waals surface area contributed by atoms with E-state index in [1.807, 2.05) is 26.0 Å². The lowest BCUT2D eigenvalue weighted by atomic mass is 9.95. The molecule has 3 aromatic carbocycles. The number of halogens is 2. The lowest BCUT2D eigenvalue weighted by Crippen LogP contribution is -2.45. The van der Waals surface area contributed by atoms with Crippen LogP contribution in [-0.4, -0.2) is 56.5 Å². The van der Waals surface area contributed by atoms with Crippen molar-refractivity contribution in [1.82, 2.24) is 16.1 Å². The standard InChI is InChI=1S/C36H40Cl2N4O8/c1-6-9-24-14-22(15-30(48-8-3)34(24)50-19-25-10-12-26(37)17-27(25)38)18-39-42-31(43)20-49-28-13-11-23(16-29(28)47-7-2)33-32(35(44)46-5)21(4)40-36(45)41-33/h6,10-18,31,33,42-43H,1,7-9,19-20H2,2-5H3,(H2,40,41,45)/b39-18-/t31-,33-/m1/s1. The average Bonchev–Trinajstić information content (AvgIpc) is 3.08. The van der Waals surface area contributed by atoms with Gasteiger partial charge >= 0.3 is 12.0 Å². The molecule has 1 heterocycles. The molecule has 50 heavy (non-hydrogen) atoms. The summed E-state index contributed by atoms with van der Waals surface area (Å²) >= 11 is 12.4. The highest BCUT2D eigenvalue weighted by Gasteiger charge is 2.32. The third kappa shape index (κ3) is 9.84. The Morgan fingerprint density at radius 1 is 1.02 bits per heavy atom. The molecule has 0 aromatic heterocycles. The van der Waals surface area contributed by atoms with Crippen LogP contribution in [0.4, 0.5) is 4.79 Å². The highest BCUT2D eigenvalue weighted by molar-refractivity contribution is 6.35. The molecule has 0 bridgehead atoms. The molecule has 0 saturated carbocycles. The summed E-state index contributed by atoms with van der Waals surface area (Å²) in [4.78, 5) is 24.7. The first-order chi connectivity index (χ1) is 24.1. The van der Waals surface area contributed by atoms with E-state index in [2.05, 4.69) is 27.7 Å². The fraction of sp³-hybridized carbons (Fsp3) is 0.306. The van der Waals surface area contributed by atoms with Gasteiger partial charge in [0, 0.05) is 26.9 Å². The summed E-state index contributed by atoms with van der Waals surface area (Å²) in [6, 6.07) is 12.7. The number of hydrazone groups is 1. The molecule has 12 nitrogen and oxygen atoms in total. The van der Waals surface area contributed by atoms with E-state index in [1.165, 1.54) is 7.11 Å². The molecule has 4 N–H and O–H groups in total. The van der Waals surface area contributed by atoms with E-state index in [4.69, 9.17) is 46.9 Å². The largest absolute Gasteiger partial charge is 0.490 e. The van der Waals surface area contributed by atoms with E-state index in [-0.39, 0.29) is 18.8 Å². The molecule has 266 valence electrons. The SMILES string of the molecule is C=CCc1cc(/C=N\N[C@H](O)COc2ccc([C@H]3NC(=O)NC(C)=C3C(=O)OC)cc2OCC)cc(OCC)c1OCc1ccc(Cl)cc1Cl. The first-order valence-corrected chi connectivity index (χ1v) is 16.5. The third-order valence-corrected chi connectivity index (χ3v) is 7.90. The fourth-order valence-corrected chi connectivity index (χ4v) is 5.56. The molecule has 3 aromatic rings. The molecule has 4 rings (SSSR count). The topological polar surface area (TPSA) is 149 Å². The van der Waals surface area contributed by atoms with Crippen molar-refractivity contribution in [2.45, 2.75) is 46.1 Å². The van der Waals surface area contributed by atoms with E-state index in [9.17, 15) is 14.7 Å². The predicted molar refractivity (Wildman–Crippen MR) is 191 cm³/mol. The van der Waals surface area contributed by atoms with Crippen LogP contribution in [0.15, 0.2) is 77.6 Å². The van der Waals surface area contributed by atoms with Crippen LogP contribution in [0, 0.1) is 0 Å². The smallest absolute Gasteiger partial charge is 0.337 e. The zero-order valence-corrected chi connectivity index (χ0v) is 29.7. The molecule has 0 unspecified atom stereocenters. The first-order valence-electron chi connectivity index (χ1n) is 15.8. The lowest BCUT2D eigenvalue weighted by Gasteiger charge is -2.28.